The second-order valence-corrected chi connectivity index (χ2v) is 1.93. The third-order valence-electron chi connectivity index (χ3n) is 1.02. The molecule has 0 unspecified atom stereocenters. The molecule has 54 valence electrons. The van der Waals surface area contributed by atoms with Crippen LogP contribution in [0.3, 0.4) is 0 Å². The fraction of sp³-hybridized carbons (Fsp3) is 0.375. The van der Waals surface area contributed by atoms with Crippen LogP contribution in [0.25, 0.3) is 0 Å². The highest BCUT2D eigenvalue weighted by atomic mass is 16.5. The lowest BCUT2D eigenvalue weighted by Crippen LogP contribution is -1.97. The molecular formula is C8H10O2. The summed E-state index contributed by atoms with van der Waals surface area (Å²) in [6.07, 6.45) is 6.15. The van der Waals surface area contributed by atoms with Gasteiger partial charge in [0.1, 0.15) is 5.76 Å². The Morgan fingerprint density at radius 3 is 3.20 bits per heavy atom. The summed E-state index contributed by atoms with van der Waals surface area (Å²) in [4.78, 5) is 0. The van der Waals surface area contributed by atoms with Crippen LogP contribution >= 0.6 is 0 Å². The van der Waals surface area contributed by atoms with Crippen LogP contribution in [0.4, 0.5) is 0 Å². The van der Waals surface area contributed by atoms with Crippen molar-refractivity contribution in [3.8, 4) is 0 Å². The largest absolute Gasteiger partial charge is 0.493 e. The Morgan fingerprint density at radius 1 is 1.70 bits per heavy atom. The molecule has 0 fully saturated rings. The molecule has 10 heavy (non-hydrogen) atoms. The fourth-order valence-corrected chi connectivity index (χ4v) is 0.582. The molecule has 1 aliphatic heterocycles. The van der Waals surface area contributed by atoms with Crippen LogP contribution in [0.5, 0.6) is 0 Å². The molecular weight excluding hydrogens is 128 g/mol. The molecule has 2 nitrogen and oxygen atoms in total. The van der Waals surface area contributed by atoms with Crippen LogP contribution in [0.1, 0.15) is 13.3 Å². The highest BCUT2D eigenvalue weighted by molar-refractivity contribution is 5.14. The Bertz CT molecular complexity index is 147. The second kappa shape index (κ2) is 3.99. The zero-order valence-electron chi connectivity index (χ0n) is 5.96. The summed E-state index contributed by atoms with van der Waals surface area (Å²) < 4.78 is 9.96. The summed E-state index contributed by atoms with van der Waals surface area (Å²) in [7, 11) is 0. The van der Waals surface area contributed by atoms with E-state index in [9.17, 15) is 0 Å². The number of ether oxygens (including phenoxy) is 2. The lowest BCUT2D eigenvalue weighted by atomic mass is 10.4. The number of hydrogen-bond donors (Lipinski definition) is 0. The van der Waals surface area contributed by atoms with Gasteiger partial charge in [-0.25, -0.2) is 0 Å². The van der Waals surface area contributed by atoms with Gasteiger partial charge in [0.05, 0.1) is 12.9 Å². The minimum absolute atomic E-state index is 0.671. The van der Waals surface area contributed by atoms with Gasteiger partial charge in [0.15, 0.2) is 0 Å². The van der Waals surface area contributed by atoms with Gasteiger partial charge >= 0.3 is 0 Å². The summed E-state index contributed by atoms with van der Waals surface area (Å²) in [5.41, 5.74) is 0. The molecule has 1 heterocycles. The van der Waals surface area contributed by atoms with E-state index in [0.29, 0.717) is 5.76 Å². The monoisotopic (exact) mass is 138 g/mol. The van der Waals surface area contributed by atoms with E-state index in [2.05, 4.69) is 13.5 Å². The van der Waals surface area contributed by atoms with Crippen LogP contribution < -0.4 is 0 Å². The topological polar surface area (TPSA) is 18.5 Å². The van der Waals surface area contributed by atoms with E-state index < -0.39 is 0 Å². The molecule has 1 aliphatic rings. The van der Waals surface area contributed by atoms with E-state index in [-0.39, 0.29) is 0 Å². The zero-order valence-corrected chi connectivity index (χ0v) is 5.96. The molecule has 0 aliphatic carbocycles. The quantitative estimate of drug-likeness (QED) is 0.592. The molecule has 0 spiro atoms. The molecule has 1 rings (SSSR count). The Morgan fingerprint density at radius 2 is 2.60 bits per heavy atom. The molecule has 0 aromatic heterocycles. The lowest BCUT2D eigenvalue weighted by Gasteiger charge is -2.08. The van der Waals surface area contributed by atoms with E-state index in [1.807, 2.05) is 6.08 Å². The molecule has 0 aromatic rings. The normalized spacial score (nSPS) is 15.9. The maximum atomic E-state index is 5.21. The van der Waals surface area contributed by atoms with Crippen molar-refractivity contribution in [2.24, 2.45) is 0 Å². The minimum Gasteiger partial charge on any atom is -0.493 e. The predicted octanol–water partition coefficient (Wildman–Crippen LogP) is 1.88. The predicted molar refractivity (Wildman–Crippen MR) is 37.8 cm³/mol. The van der Waals surface area contributed by atoms with Crippen molar-refractivity contribution in [2.45, 2.75) is 13.3 Å². The molecule has 0 amide bonds. The van der Waals surface area contributed by atoms with E-state index in [4.69, 9.17) is 9.47 Å². The molecule has 0 saturated carbocycles. The first kappa shape index (κ1) is 7.19. The standard InChI is InChI=1S/C8H10O2/c1-2-5-10-8-4-3-6-9-7-8/h3-4,6H,2,5H2,1H3. The molecule has 2 heteroatoms. The second-order valence-electron chi connectivity index (χ2n) is 1.93. The number of rotatable bonds is 3. The van der Waals surface area contributed by atoms with E-state index in [1.165, 1.54) is 0 Å². The van der Waals surface area contributed by atoms with Crippen molar-refractivity contribution in [2.75, 3.05) is 6.61 Å². The summed E-state index contributed by atoms with van der Waals surface area (Å²) in [5.74, 6) is 0.671. The van der Waals surface area contributed by atoms with Crippen LogP contribution in [0.15, 0.2) is 24.2 Å². The van der Waals surface area contributed by atoms with Crippen molar-refractivity contribution in [3.05, 3.63) is 30.8 Å². The first-order valence-electron chi connectivity index (χ1n) is 3.35. The average molecular weight is 138 g/mol. The average Bonchev–Trinajstić information content (AvgIpc) is 2.03. The molecule has 0 N–H and O–H groups in total. The number of allylic oxidation sites excluding steroid dienone is 2. The Hall–Kier alpha value is -0.920. The van der Waals surface area contributed by atoms with Crippen molar-refractivity contribution in [1.29, 1.82) is 0 Å². The SMILES string of the molecule is CCCOC1=CC=CO[C]1. The Labute approximate surface area is 61.1 Å². The Balaban J connectivity index is 2.25. The molecule has 0 atom stereocenters. The van der Waals surface area contributed by atoms with Crippen LogP contribution in [0, 0.1) is 6.61 Å². The third kappa shape index (κ3) is 2.13. The maximum absolute atomic E-state index is 5.21. The summed E-state index contributed by atoms with van der Waals surface area (Å²) >= 11 is 0. The summed E-state index contributed by atoms with van der Waals surface area (Å²) in [5, 5.41) is 0. The summed E-state index contributed by atoms with van der Waals surface area (Å²) in [6.45, 7) is 5.38. The minimum atomic E-state index is 0.671. The van der Waals surface area contributed by atoms with Crippen LogP contribution in [0.2, 0.25) is 0 Å². The first-order valence-corrected chi connectivity index (χ1v) is 3.35. The van der Waals surface area contributed by atoms with Crippen molar-refractivity contribution >= 4 is 0 Å². The third-order valence-corrected chi connectivity index (χ3v) is 1.02. The van der Waals surface area contributed by atoms with Crippen LogP contribution in [-0.4, -0.2) is 6.61 Å². The highest BCUT2D eigenvalue weighted by Crippen LogP contribution is 2.08. The zero-order chi connectivity index (χ0) is 7.23. The molecule has 0 saturated heterocycles. The Kier molecular flexibility index (Phi) is 2.87. The van der Waals surface area contributed by atoms with Crippen LogP contribution in [-0.2, 0) is 9.47 Å². The van der Waals surface area contributed by atoms with Gasteiger partial charge in [0.2, 0.25) is 0 Å². The maximum Gasteiger partial charge on any atom is 0.266 e. The van der Waals surface area contributed by atoms with E-state index in [0.717, 1.165) is 13.0 Å². The first-order chi connectivity index (χ1) is 4.93. The van der Waals surface area contributed by atoms with E-state index in [1.54, 1.807) is 12.3 Å². The molecule has 0 aromatic carbocycles. The highest BCUT2D eigenvalue weighted by Gasteiger charge is 2.01. The van der Waals surface area contributed by atoms with Gasteiger partial charge in [-0.3, -0.25) is 0 Å². The smallest absolute Gasteiger partial charge is 0.266 e. The van der Waals surface area contributed by atoms with Gasteiger partial charge in [-0.2, -0.15) is 0 Å². The van der Waals surface area contributed by atoms with Crippen molar-refractivity contribution in [1.82, 2.24) is 0 Å². The van der Waals surface area contributed by atoms with Gasteiger partial charge in [0.25, 0.3) is 6.61 Å². The summed E-state index contributed by atoms with van der Waals surface area (Å²) in [6, 6.07) is 0. The molecule has 2 radical (unpaired) electrons. The van der Waals surface area contributed by atoms with Crippen molar-refractivity contribution < 1.29 is 9.47 Å². The van der Waals surface area contributed by atoms with Gasteiger partial charge in [-0.1, -0.05) is 6.92 Å². The fourth-order valence-electron chi connectivity index (χ4n) is 0.582. The van der Waals surface area contributed by atoms with Gasteiger partial charge in [-0.15, -0.1) is 0 Å². The molecule has 0 bridgehead atoms. The van der Waals surface area contributed by atoms with Gasteiger partial charge < -0.3 is 9.47 Å². The van der Waals surface area contributed by atoms with E-state index >= 15 is 0 Å². The van der Waals surface area contributed by atoms with Crippen molar-refractivity contribution in [3.63, 3.8) is 0 Å². The van der Waals surface area contributed by atoms with Gasteiger partial charge in [0, 0.05) is 0 Å². The van der Waals surface area contributed by atoms with Gasteiger partial charge in [-0.05, 0) is 18.6 Å². The lowest BCUT2D eigenvalue weighted by molar-refractivity contribution is 0.180. The number of hydrogen-bond acceptors (Lipinski definition) is 2.